The molecule has 2 nitrogen and oxygen atoms in total. The summed E-state index contributed by atoms with van der Waals surface area (Å²) in [6.45, 7) is 2.02. The monoisotopic (exact) mass is 177 g/mol. The molecule has 2 heteroatoms. The maximum atomic E-state index is 10.9. The second-order valence-corrected chi connectivity index (χ2v) is 3.40. The van der Waals surface area contributed by atoms with Crippen LogP contribution in [0.3, 0.4) is 0 Å². The molecule has 0 amide bonds. The van der Waals surface area contributed by atoms with E-state index < -0.39 is 0 Å². The molecule has 1 unspecified atom stereocenters. The lowest BCUT2D eigenvalue weighted by Gasteiger charge is -2.20. The number of rotatable bonds is 3. The highest BCUT2D eigenvalue weighted by Gasteiger charge is 2.13. The van der Waals surface area contributed by atoms with Crippen LogP contribution in [-0.2, 0) is 4.79 Å². The van der Waals surface area contributed by atoms with Crippen molar-refractivity contribution in [1.29, 1.82) is 0 Å². The highest BCUT2D eigenvalue weighted by atomic mass is 16.1. The molecule has 0 spiro atoms. The van der Waals surface area contributed by atoms with E-state index in [1.807, 2.05) is 50.2 Å². The van der Waals surface area contributed by atoms with E-state index in [1.54, 1.807) is 0 Å². The van der Waals surface area contributed by atoms with E-state index in [1.165, 1.54) is 0 Å². The van der Waals surface area contributed by atoms with Crippen LogP contribution >= 0.6 is 0 Å². The molecule has 1 aromatic rings. The molecule has 0 bridgehead atoms. The average molecular weight is 177 g/mol. The molecule has 0 aliphatic heterocycles. The van der Waals surface area contributed by atoms with Crippen molar-refractivity contribution >= 4 is 6.29 Å². The zero-order chi connectivity index (χ0) is 9.84. The minimum atomic E-state index is -0.124. The Bertz CT molecular complexity index is 294. The molecular weight excluding hydrogens is 162 g/mol. The maximum Gasteiger partial charge on any atom is 0.141 e. The Hall–Kier alpha value is -1.15. The van der Waals surface area contributed by atoms with E-state index in [0.717, 1.165) is 17.4 Å². The normalized spacial score (nSPS) is 12.9. The van der Waals surface area contributed by atoms with Crippen LogP contribution in [0.1, 0.15) is 17.2 Å². The molecule has 0 aliphatic carbocycles. The quantitative estimate of drug-likeness (QED) is 0.656. The third kappa shape index (κ3) is 2.16. The van der Waals surface area contributed by atoms with Crippen LogP contribution in [0.15, 0.2) is 24.3 Å². The highest BCUT2D eigenvalue weighted by Crippen LogP contribution is 2.19. The molecule has 0 aromatic heterocycles. The zero-order valence-corrected chi connectivity index (χ0v) is 8.32. The maximum absolute atomic E-state index is 10.9. The standard InChI is InChI=1S/C11H15NO/c1-9-6-4-5-7-10(9)11(8-13)12(2)3/h4-8,11H,1-3H3. The lowest BCUT2D eigenvalue weighted by Crippen LogP contribution is -2.21. The number of carbonyl (C=O) groups excluding carboxylic acids is 1. The summed E-state index contributed by atoms with van der Waals surface area (Å²) in [6, 6.07) is 7.84. The van der Waals surface area contributed by atoms with Crippen molar-refractivity contribution in [3.05, 3.63) is 35.4 Å². The number of likely N-dealkylation sites (N-methyl/N-ethyl adjacent to an activating group) is 1. The zero-order valence-electron chi connectivity index (χ0n) is 8.32. The van der Waals surface area contributed by atoms with Gasteiger partial charge in [-0.2, -0.15) is 0 Å². The van der Waals surface area contributed by atoms with Crippen LogP contribution in [0.25, 0.3) is 0 Å². The Balaban J connectivity index is 3.04. The summed E-state index contributed by atoms with van der Waals surface area (Å²) >= 11 is 0. The molecule has 0 aliphatic rings. The van der Waals surface area contributed by atoms with Gasteiger partial charge in [0, 0.05) is 0 Å². The Morgan fingerprint density at radius 2 is 1.92 bits per heavy atom. The van der Waals surface area contributed by atoms with Crippen molar-refractivity contribution in [1.82, 2.24) is 4.90 Å². The molecule has 13 heavy (non-hydrogen) atoms. The number of hydrogen-bond acceptors (Lipinski definition) is 2. The van der Waals surface area contributed by atoms with Gasteiger partial charge in [-0.1, -0.05) is 24.3 Å². The van der Waals surface area contributed by atoms with Crippen molar-refractivity contribution < 1.29 is 4.79 Å². The molecule has 0 heterocycles. The van der Waals surface area contributed by atoms with E-state index >= 15 is 0 Å². The largest absolute Gasteiger partial charge is 0.301 e. The third-order valence-electron chi connectivity index (χ3n) is 2.19. The van der Waals surface area contributed by atoms with Gasteiger partial charge in [0.05, 0.1) is 6.04 Å². The molecule has 70 valence electrons. The van der Waals surface area contributed by atoms with Crippen molar-refractivity contribution in [3.63, 3.8) is 0 Å². The van der Waals surface area contributed by atoms with Gasteiger partial charge in [-0.15, -0.1) is 0 Å². The fraction of sp³-hybridized carbons (Fsp3) is 0.364. The molecule has 0 saturated carbocycles. The smallest absolute Gasteiger partial charge is 0.141 e. The average Bonchev–Trinajstić information content (AvgIpc) is 2.09. The summed E-state index contributed by atoms with van der Waals surface area (Å²) in [7, 11) is 3.82. The van der Waals surface area contributed by atoms with Gasteiger partial charge in [0.25, 0.3) is 0 Å². The Morgan fingerprint density at radius 3 is 2.38 bits per heavy atom. The Labute approximate surface area is 79.2 Å². The molecule has 0 N–H and O–H groups in total. The second-order valence-electron chi connectivity index (χ2n) is 3.40. The van der Waals surface area contributed by atoms with Crippen LogP contribution < -0.4 is 0 Å². The van der Waals surface area contributed by atoms with Crippen LogP contribution in [-0.4, -0.2) is 25.3 Å². The minimum absolute atomic E-state index is 0.124. The van der Waals surface area contributed by atoms with Gasteiger partial charge in [0.1, 0.15) is 6.29 Å². The van der Waals surface area contributed by atoms with Gasteiger partial charge in [-0.05, 0) is 32.1 Å². The summed E-state index contributed by atoms with van der Waals surface area (Å²) in [4.78, 5) is 12.8. The summed E-state index contributed by atoms with van der Waals surface area (Å²) in [6.07, 6.45) is 0.975. The van der Waals surface area contributed by atoms with Gasteiger partial charge in [-0.3, -0.25) is 4.90 Å². The fourth-order valence-corrected chi connectivity index (χ4v) is 1.39. The topological polar surface area (TPSA) is 20.3 Å². The van der Waals surface area contributed by atoms with Gasteiger partial charge in [0.15, 0.2) is 0 Å². The van der Waals surface area contributed by atoms with Crippen LogP contribution in [0, 0.1) is 6.92 Å². The number of hydrogen-bond donors (Lipinski definition) is 0. The molecular formula is C11H15NO. The SMILES string of the molecule is Cc1ccccc1C(C=O)N(C)C. The first-order chi connectivity index (χ1) is 6.16. The molecule has 1 aromatic carbocycles. The van der Waals surface area contributed by atoms with Crippen molar-refractivity contribution in [2.45, 2.75) is 13.0 Å². The van der Waals surface area contributed by atoms with Crippen molar-refractivity contribution in [2.24, 2.45) is 0 Å². The van der Waals surface area contributed by atoms with Gasteiger partial charge in [-0.25, -0.2) is 0 Å². The number of nitrogens with zero attached hydrogens (tertiary/aromatic N) is 1. The van der Waals surface area contributed by atoms with Gasteiger partial charge >= 0.3 is 0 Å². The highest BCUT2D eigenvalue weighted by molar-refractivity contribution is 5.62. The summed E-state index contributed by atoms with van der Waals surface area (Å²) in [5.41, 5.74) is 2.25. The van der Waals surface area contributed by atoms with Crippen molar-refractivity contribution in [3.8, 4) is 0 Å². The summed E-state index contributed by atoms with van der Waals surface area (Å²) < 4.78 is 0. The Morgan fingerprint density at radius 1 is 1.31 bits per heavy atom. The Kier molecular flexibility index (Phi) is 3.20. The lowest BCUT2D eigenvalue weighted by molar-refractivity contribution is -0.111. The van der Waals surface area contributed by atoms with E-state index in [2.05, 4.69) is 0 Å². The van der Waals surface area contributed by atoms with Crippen LogP contribution in [0.2, 0.25) is 0 Å². The predicted octanol–water partition coefficient (Wildman–Crippen LogP) is 1.80. The lowest BCUT2D eigenvalue weighted by atomic mass is 10.0. The predicted molar refractivity (Wildman–Crippen MR) is 53.7 cm³/mol. The number of aryl methyl sites for hydroxylation is 1. The second kappa shape index (κ2) is 4.19. The molecule has 1 atom stereocenters. The third-order valence-corrected chi connectivity index (χ3v) is 2.19. The number of benzene rings is 1. The molecule has 0 radical (unpaired) electrons. The van der Waals surface area contributed by atoms with Crippen LogP contribution in [0.4, 0.5) is 0 Å². The van der Waals surface area contributed by atoms with E-state index in [-0.39, 0.29) is 6.04 Å². The van der Waals surface area contributed by atoms with E-state index in [9.17, 15) is 4.79 Å². The molecule has 0 fully saturated rings. The number of aldehydes is 1. The molecule has 1 rings (SSSR count). The van der Waals surface area contributed by atoms with E-state index in [4.69, 9.17) is 0 Å². The first-order valence-electron chi connectivity index (χ1n) is 4.34. The summed E-state index contributed by atoms with van der Waals surface area (Å²) in [5.74, 6) is 0. The van der Waals surface area contributed by atoms with Crippen LogP contribution in [0.5, 0.6) is 0 Å². The van der Waals surface area contributed by atoms with E-state index in [0.29, 0.717) is 0 Å². The van der Waals surface area contributed by atoms with Crippen molar-refractivity contribution in [2.75, 3.05) is 14.1 Å². The van der Waals surface area contributed by atoms with Gasteiger partial charge in [0.2, 0.25) is 0 Å². The summed E-state index contributed by atoms with van der Waals surface area (Å²) in [5, 5.41) is 0. The fourth-order valence-electron chi connectivity index (χ4n) is 1.39. The minimum Gasteiger partial charge on any atom is -0.301 e. The van der Waals surface area contributed by atoms with Gasteiger partial charge < -0.3 is 4.79 Å². The first kappa shape index (κ1) is 9.93. The first-order valence-corrected chi connectivity index (χ1v) is 4.34. The molecule has 0 saturated heterocycles. The number of carbonyl (C=O) groups is 1.